The van der Waals surface area contributed by atoms with E-state index >= 15 is 0 Å². The van der Waals surface area contributed by atoms with Crippen LogP contribution in [-0.2, 0) is 28.6 Å². The van der Waals surface area contributed by atoms with E-state index in [0.717, 1.165) is 89.9 Å². The maximum Gasteiger partial charge on any atom is 0.306 e. The van der Waals surface area contributed by atoms with Crippen LogP contribution >= 0.6 is 0 Å². The van der Waals surface area contributed by atoms with Gasteiger partial charge in [0, 0.05) is 19.3 Å². The highest BCUT2D eigenvalue weighted by molar-refractivity contribution is 5.71. The second kappa shape index (κ2) is 50.3. The highest BCUT2D eigenvalue weighted by atomic mass is 16.6. The van der Waals surface area contributed by atoms with Crippen molar-refractivity contribution >= 4 is 17.9 Å². The zero-order chi connectivity index (χ0) is 44.4. The first kappa shape index (κ1) is 58.6. The number of rotatable bonds is 48. The normalized spacial score (nSPS) is 12.2. The fourth-order valence-corrected chi connectivity index (χ4v) is 7.59. The van der Waals surface area contributed by atoms with E-state index in [1.165, 1.54) is 148 Å². The van der Waals surface area contributed by atoms with Crippen LogP contribution in [0.3, 0.4) is 0 Å². The molecule has 0 fully saturated rings. The van der Waals surface area contributed by atoms with Crippen molar-refractivity contribution in [3.05, 3.63) is 36.5 Å². The molecule has 0 radical (unpaired) electrons. The first-order valence-electron chi connectivity index (χ1n) is 26.5. The molecule has 0 bridgehead atoms. The molecule has 0 spiro atoms. The average Bonchev–Trinajstić information content (AvgIpc) is 3.26. The lowest BCUT2D eigenvalue weighted by atomic mass is 10.0. The van der Waals surface area contributed by atoms with Crippen molar-refractivity contribution in [3.8, 4) is 0 Å². The molecule has 6 nitrogen and oxygen atoms in total. The summed E-state index contributed by atoms with van der Waals surface area (Å²) in [6.07, 6.45) is 58.4. The van der Waals surface area contributed by atoms with Crippen LogP contribution in [-0.4, -0.2) is 37.2 Å². The molecule has 0 aromatic rings. The van der Waals surface area contributed by atoms with Crippen LogP contribution in [0.4, 0.5) is 0 Å². The number of unbranched alkanes of at least 4 members (excludes halogenated alkanes) is 31. The van der Waals surface area contributed by atoms with Crippen LogP contribution in [0.25, 0.3) is 0 Å². The van der Waals surface area contributed by atoms with Crippen molar-refractivity contribution in [1.82, 2.24) is 0 Å². The van der Waals surface area contributed by atoms with Crippen molar-refractivity contribution in [2.75, 3.05) is 13.2 Å². The van der Waals surface area contributed by atoms with Gasteiger partial charge in [-0.05, 0) is 70.6 Å². The van der Waals surface area contributed by atoms with E-state index in [1.54, 1.807) is 0 Å². The Bertz CT molecular complexity index is 1030. The highest BCUT2D eigenvalue weighted by Crippen LogP contribution is 2.16. The van der Waals surface area contributed by atoms with E-state index in [9.17, 15) is 14.4 Å². The topological polar surface area (TPSA) is 78.9 Å². The molecule has 0 saturated carbocycles. The minimum Gasteiger partial charge on any atom is -0.462 e. The van der Waals surface area contributed by atoms with E-state index in [0.29, 0.717) is 19.3 Å². The van der Waals surface area contributed by atoms with Gasteiger partial charge in [0.15, 0.2) is 6.10 Å². The lowest BCUT2D eigenvalue weighted by molar-refractivity contribution is -0.167. The third kappa shape index (κ3) is 48.5. The van der Waals surface area contributed by atoms with Gasteiger partial charge in [0.25, 0.3) is 0 Å². The van der Waals surface area contributed by atoms with Crippen LogP contribution < -0.4 is 0 Å². The molecule has 0 aliphatic heterocycles. The van der Waals surface area contributed by atoms with Crippen LogP contribution in [0.1, 0.15) is 278 Å². The van der Waals surface area contributed by atoms with E-state index in [4.69, 9.17) is 14.2 Å². The van der Waals surface area contributed by atoms with Gasteiger partial charge in [0.1, 0.15) is 13.2 Å². The number of esters is 3. The summed E-state index contributed by atoms with van der Waals surface area (Å²) in [5.74, 6) is -0.889. The standard InChI is InChI=1S/C55H100O6/c1-4-7-10-13-16-19-22-25-27-28-31-33-36-39-42-45-48-54(57)60-51-52(50-59-53(56)47-44-41-38-35-32-29-24-21-18-15-12-9-6-3)61-55(58)49-46-43-40-37-34-30-26-23-20-17-14-11-8-5-2/h12,15,21,23-24,26,52H,4-11,13-14,16-20,22,25,27-51H2,1-3H3/b15-12-,24-21-,26-23-. The van der Waals surface area contributed by atoms with Crippen LogP contribution in [0.15, 0.2) is 36.5 Å². The lowest BCUT2D eigenvalue weighted by Crippen LogP contribution is -2.30. The monoisotopic (exact) mass is 857 g/mol. The number of allylic oxidation sites excluding steroid dienone is 6. The fraction of sp³-hybridized carbons (Fsp3) is 0.836. The van der Waals surface area contributed by atoms with Gasteiger partial charge >= 0.3 is 17.9 Å². The number of hydrogen-bond acceptors (Lipinski definition) is 6. The average molecular weight is 857 g/mol. The number of hydrogen-bond donors (Lipinski definition) is 0. The summed E-state index contributed by atoms with van der Waals surface area (Å²) in [6, 6.07) is 0. The molecule has 0 saturated heterocycles. The van der Waals surface area contributed by atoms with Crippen molar-refractivity contribution in [3.63, 3.8) is 0 Å². The Morgan fingerprint density at radius 1 is 0.328 bits per heavy atom. The summed E-state index contributed by atoms with van der Waals surface area (Å²) < 4.78 is 16.8. The molecule has 6 heteroatoms. The molecule has 1 unspecified atom stereocenters. The smallest absolute Gasteiger partial charge is 0.306 e. The van der Waals surface area contributed by atoms with E-state index in [-0.39, 0.29) is 31.1 Å². The van der Waals surface area contributed by atoms with Crippen LogP contribution in [0, 0.1) is 0 Å². The molecule has 356 valence electrons. The SMILES string of the molecule is CCC/C=C\C/C=C\CCCCCCCC(=O)OCC(COC(=O)CCCCCCCCCCCCCCCCCC)OC(=O)CCCCCCC/C=C\CCCCCCC. The molecule has 61 heavy (non-hydrogen) atoms. The summed E-state index contributed by atoms with van der Waals surface area (Å²) in [5.41, 5.74) is 0. The predicted molar refractivity (Wildman–Crippen MR) is 261 cm³/mol. The van der Waals surface area contributed by atoms with Crippen molar-refractivity contribution in [2.24, 2.45) is 0 Å². The van der Waals surface area contributed by atoms with Gasteiger partial charge in [-0.15, -0.1) is 0 Å². The first-order chi connectivity index (χ1) is 30.0. The Morgan fingerprint density at radius 2 is 0.623 bits per heavy atom. The summed E-state index contributed by atoms with van der Waals surface area (Å²) >= 11 is 0. The molecular formula is C55H100O6. The lowest BCUT2D eigenvalue weighted by Gasteiger charge is -2.18. The van der Waals surface area contributed by atoms with Gasteiger partial charge in [-0.2, -0.15) is 0 Å². The number of carbonyl (C=O) groups is 3. The van der Waals surface area contributed by atoms with Crippen molar-refractivity contribution in [1.29, 1.82) is 0 Å². The van der Waals surface area contributed by atoms with Crippen LogP contribution in [0.2, 0.25) is 0 Å². The van der Waals surface area contributed by atoms with Crippen molar-refractivity contribution in [2.45, 2.75) is 284 Å². The number of ether oxygens (including phenoxy) is 3. The molecule has 1 atom stereocenters. The van der Waals surface area contributed by atoms with E-state index < -0.39 is 6.10 Å². The van der Waals surface area contributed by atoms with Gasteiger partial charge in [-0.1, -0.05) is 224 Å². The van der Waals surface area contributed by atoms with Gasteiger partial charge in [0.05, 0.1) is 0 Å². The summed E-state index contributed by atoms with van der Waals surface area (Å²) in [5, 5.41) is 0. The minimum atomic E-state index is -0.778. The Hall–Kier alpha value is -2.37. The molecule has 0 heterocycles. The quantitative estimate of drug-likeness (QED) is 0.0262. The van der Waals surface area contributed by atoms with Crippen LogP contribution in [0.5, 0.6) is 0 Å². The van der Waals surface area contributed by atoms with E-state index in [2.05, 4.69) is 57.2 Å². The first-order valence-corrected chi connectivity index (χ1v) is 26.5. The zero-order valence-electron chi connectivity index (χ0n) is 40.7. The Balaban J connectivity index is 4.36. The molecule has 0 aliphatic carbocycles. The van der Waals surface area contributed by atoms with Gasteiger partial charge in [-0.3, -0.25) is 14.4 Å². The van der Waals surface area contributed by atoms with Gasteiger partial charge < -0.3 is 14.2 Å². The molecule has 0 amide bonds. The Kier molecular flexibility index (Phi) is 48.3. The molecule has 0 aromatic heterocycles. The molecule has 0 aliphatic rings. The number of carbonyl (C=O) groups excluding carboxylic acids is 3. The third-order valence-electron chi connectivity index (χ3n) is 11.6. The molecule has 0 aromatic carbocycles. The Morgan fingerprint density at radius 3 is 0.984 bits per heavy atom. The summed E-state index contributed by atoms with van der Waals surface area (Å²) in [4.78, 5) is 38.0. The molecule has 0 N–H and O–H groups in total. The maximum atomic E-state index is 12.8. The third-order valence-corrected chi connectivity index (χ3v) is 11.6. The highest BCUT2D eigenvalue weighted by Gasteiger charge is 2.19. The fourth-order valence-electron chi connectivity index (χ4n) is 7.59. The molecular weight excluding hydrogens is 757 g/mol. The molecule has 0 rings (SSSR count). The zero-order valence-corrected chi connectivity index (χ0v) is 40.7. The minimum absolute atomic E-state index is 0.0769. The largest absolute Gasteiger partial charge is 0.462 e. The summed E-state index contributed by atoms with van der Waals surface area (Å²) in [7, 11) is 0. The maximum absolute atomic E-state index is 12.8. The van der Waals surface area contributed by atoms with E-state index in [1.807, 2.05) is 0 Å². The van der Waals surface area contributed by atoms with Gasteiger partial charge in [-0.25, -0.2) is 0 Å². The summed E-state index contributed by atoms with van der Waals surface area (Å²) in [6.45, 7) is 6.57. The second-order valence-corrected chi connectivity index (χ2v) is 17.8. The predicted octanol–water partition coefficient (Wildman–Crippen LogP) is 17.3. The van der Waals surface area contributed by atoms with Gasteiger partial charge in [0.2, 0.25) is 0 Å². The Labute approximate surface area is 378 Å². The second-order valence-electron chi connectivity index (χ2n) is 17.8. The van der Waals surface area contributed by atoms with Crippen molar-refractivity contribution < 1.29 is 28.6 Å².